The minimum absolute atomic E-state index is 0.594. The quantitative estimate of drug-likeness (QED) is 0.729. The molecular formula is C13H18N2. The fourth-order valence-corrected chi connectivity index (χ4v) is 1.79. The third-order valence-electron chi connectivity index (χ3n) is 3.26. The minimum atomic E-state index is 0.594. The Hall–Kier alpha value is -1.31. The van der Waals surface area contributed by atoms with Crippen LogP contribution in [-0.4, -0.2) is 9.38 Å². The number of fused-ring (bicyclic) bond motifs is 1. The largest absolute Gasteiger partial charge is 0.304 e. The summed E-state index contributed by atoms with van der Waals surface area (Å²) >= 11 is 0. The van der Waals surface area contributed by atoms with E-state index in [0.29, 0.717) is 11.8 Å². The van der Waals surface area contributed by atoms with Gasteiger partial charge in [-0.2, -0.15) is 0 Å². The molecule has 0 N–H and O–H groups in total. The first-order chi connectivity index (χ1) is 7.09. The van der Waals surface area contributed by atoms with Crippen LogP contribution in [-0.2, 0) is 0 Å². The smallest absolute Gasteiger partial charge is 0.110 e. The highest BCUT2D eigenvalue weighted by atomic mass is 15.0. The van der Waals surface area contributed by atoms with Gasteiger partial charge in [0.05, 0.1) is 11.7 Å². The lowest BCUT2D eigenvalue weighted by Gasteiger charge is -2.16. The van der Waals surface area contributed by atoms with Gasteiger partial charge >= 0.3 is 0 Å². The van der Waals surface area contributed by atoms with Crippen LogP contribution < -0.4 is 0 Å². The number of hydrogen-bond donors (Lipinski definition) is 0. The van der Waals surface area contributed by atoms with Crippen LogP contribution in [0.3, 0.4) is 0 Å². The van der Waals surface area contributed by atoms with Crippen LogP contribution in [0.15, 0.2) is 24.5 Å². The molecule has 1 atom stereocenters. The van der Waals surface area contributed by atoms with Crippen LogP contribution in [0.25, 0.3) is 5.52 Å². The molecule has 0 aliphatic heterocycles. The van der Waals surface area contributed by atoms with Gasteiger partial charge in [-0.1, -0.05) is 26.8 Å². The summed E-state index contributed by atoms with van der Waals surface area (Å²) in [6, 6.07) is 4.36. The van der Waals surface area contributed by atoms with E-state index in [1.807, 2.05) is 13.1 Å². The number of hydrogen-bond acceptors (Lipinski definition) is 1. The fourth-order valence-electron chi connectivity index (χ4n) is 1.79. The molecule has 0 unspecified atom stereocenters. The molecule has 0 radical (unpaired) electrons. The molecule has 0 fully saturated rings. The van der Waals surface area contributed by atoms with Gasteiger partial charge in [0.15, 0.2) is 0 Å². The van der Waals surface area contributed by atoms with E-state index in [4.69, 9.17) is 0 Å². The molecule has 15 heavy (non-hydrogen) atoms. The van der Waals surface area contributed by atoms with Gasteiger partial charge in [0, 0.05) is 6.20 Å². The SMILES string of the molecule is Cc1ncc2ccc([C@H](C)C(C)C)cn12. The molecule has 0 bridgehead atoms. The van der Waals surface area contributed by atoms with Crippen molar-refractivity contribution in [1.29, 1.82) is 0 Å². The molecule has 0 saturated heterocycles. The molecule has 0 spiro atoms. The van der Waals surface area contributed by atoms with Crippen molar-refractivity contribution in [3.8, 4) is 0 Å². The molecule has 0 aliphatic carbocycles. The summed E-state index contributed by atoms with van der Waals surface area (Å²) in [6.45, 7) is 8.83. The molecule has 2 nitrogen and oxygen atoms in total. The molecule has 2 heteroatoms. The van der Waals surface area contributed by atoms with Crippen molar-refractivity contribution in [2.45, 2.75) is 33.6 Å². The topological polar surface area (TPSA) is 17.3 Å². The Morgan fingerprint density at radius 2 is 1.93 bits per heavy atom. The van der Waals surface area contributed by atoms with Crippen molar-refractivity contribution in [2.75, 3.05) is 0 Å². The second-order valence-corrected chi connectivity index (χ2v) is 4.60. The lowest BCUT2D eigenvalue weighted by Crippen LogP contribution is -2.03. The zero-order valence-electron chi connectivity index (χ0n) is 9.86. The number of aromatic nitrogens is 2. The Morgan fingerprint density at radius 3 is 2.60 bits per heavy atom. The summed E-state index contributed by atoms with van der Waals surface area (Å²) in [5.41, 5.74) is 2.56. The molecule has 80 valence electrons. The van der Waals surface area contributed by atoms with Crippen molar-refractivity contribution in [3.63, 3.8) is 0 Å². The molecule has 2 heterocycles. The van der Waals surface area contributed by atoms with Crippen LogP contribution in [0.5, 0.6) is 0 Å². The molecule has 2 aromatic rings. The van der Waals surface area contributed by atoms with Crippen LogP contribution in [0, 0.1) is 12.8 Å². The highest BCUT2D eigenvalue weighted by Crippen LogP contribution is 2.24. The van der Waals surface area contributed by atoms with E-state index in [1.54, 1.807) is 0 Å². The van der Waals surface area contributed by atoms with Crippen LogP contribution in [0.4, 0.5) is 0 Å². The van der Waals surface area contributed by atoms with Gasteiger partial charge in [-0.15, -0.1) is 0 Å². The number of rotatable bonds is 2. The van der Waals surface area contributed by atoms with Crippen LogP contribution in [0.2, 0.25) is 0 Å². The van der Waals surface area contributed by atoms with Gasteiger partial charge in [0.2, 0.25) is 0 Å². The normalized spacial score (nSPS) is 13.7. The van der Waals surface area contributed by atoms with Crippen LogP contribution in [0.1, 0.15) is 38.1 Å². The van der Waals surface area contributed by atoms with Crippen molar-refractivity contribution in [3.05, 3.63) is 35.9 Å². The summed E-state index contributed by atoms with van der Waals surface area (Å²) < 4.78 is 2.16. The van der Waals surface area contributed by atoms with Gasteiger partial charge in [-0.05, 0) is 30.4 Å². The monoisotopic (exact) mass is 202 g/mol. The molecule has 0 saturated carbocycles. The molecule has 0 aromatic carbocycles. The van der Waals surface area contributed by atoms with Crippen molar-refractivity contribution < 1.29 is 0 Å². The third kappa shape index (κ3) is 1.76. The Labute approximate surface area is 91.0 Å². The van der Waals surface area contributed by atoms with E-state index in [9.17, 15) is 0 Å². The summed E-state index contributed by atoms with van der Waals surface area (Å²) in [6.07, 6.45) is 4.13. The first kappa shape index (κ1) is 10.2. The van der Waals surface area contributed by atoms with E-state index in [2.05, 4.69) is 48.5 Å². The van der Waals surface area contributed by atoms with E-state index >= 15 is 0 Å². The van der Waals surface area contributed by atoms with E-state index in [-0.39, 0.29) is 0 Å². The van der Waals surface area contributed by atoms with Gasteiger partial charge < -0.3 is 4.40 Å². The second-order valence-electron chi connectivity index (χ2n) is 4.60. The number of nitrogens with zero attached hydrogens (tertiary/aromatic N) is 2. The maximum Gasteiger partial charge on any atom is 0.110 e. The van der Waals surface area contributed by atoms with E-state index in [1.165, 1.54) is 11.1 Å². The number of aryl methyl sites for hydroxylation is 1. The molecule has 2 rings (SSSR count). The van der Waals surface area contributed by atoms with Crippen LogP contribution >= 0.6 is 0 Å². The van der Waals surface area contributed by atoms with Gasteiger partial charge in [0.1, 0.15) is 5.82 Å². The first-order valence-electron chi connectivity index (χ1n) is 5.53. The summed E-state index contributed by atoms with van der Waals surface area (Å²) in [5, 5.41) is 0. The first-order valence-corrected chi connectivity index (χ1v) is 5.53. The van der Waals surface area contributed by atoms with Gasteiger partial charge in [-0.3, -0.25) is 0 Å². The number of pyridine rings is 1. The molecule has 0 aliphatic rings. The summed E-state index contributed by atoms with van der Waals surface area (Å²) in [5.74, 6) is 2.32. The Balaban J connectivity index is 2.50. The van der Waals surface area contributed by atoms with Gasteiger partial charge in [-0.25, -0.2) is 4.98 Å². The molecule has 2 aromatic heterocycles. The molecular weight excluding hydrogens is 184 g/mol. The zero-order chi connectivity index (χ0) is 11.0. The fraction of sp³-hybridized carbons (Fsp3) is 0.462. The minimum Gasteiger partial charge on any atom is -0.304 e. The molecule has 0 amide bonds. The van der Waals surface area contributed by atoms with E-state index in [0.717, 1.165) is 5.82 Å². The van der Waals surface area contributed by atoms with Gasteiger partial charge in [0.25, 0.3) is 0 Å². The Kier molecular flexibility index (Phi) is 2.51. The zero-order valence-corrected chi connectivity index (χ0v) is 9.86. The predicted octanol–water partition coefficient (Wildman–Crippen LogP) is 3.40. The average Bonchev–Trinajstić information content (AvgIpc) is 2.59. The van der Waals surface area contributed by atoms with E-state index < -0.39 is 0 Å². The standard InChI is InChI=1S/C13H18N2/c1-9(2)10(3)12-5-6-13-7-14-11(4)15(13)8-12/h5-10H,1-4H3/t10-/m1/s1. The summed E-state index contributed by atoms with van der Waals surface area (Å²) in [4.78, 5) is 4.30. The lowest BCUT2D eigenvalue weighted by atomic mass is 9.91. The van der Waals surface area contributed by atoms with Crippen molar-refractivity contribution in [2.24, 2.45) is 5.92 Å². The Morgan fingerprint density at radius 1 is 1.20 bits per heavy atom. The maximum atomic E-state index is 4.30. The van der Waals surface area contributed by atoms with Crippen molar-refractivity contribution >= 4 is 5.52 Å². The predicted molar refractivity (Wildman–Crippen MR) is 63.2 cm³/mol. The lowest BCUT2D eigenvalue weighted by molar-refractivity contribution is 0.533. The maximum absolute atomic E-state index is 4.30. The number of imidazole rings is 1. The second kappa shape index (κ2) is 3.69. The van der Waals surface area contributed by atoms with Crippen molar-refractivity contribution in [1.82, 2.24) is 9.38 Å². The third-order valence-corrected chi connectivity index (χ3v) is 3.26. The summed E-state index contributed by atoms with van der Waals surface area (Å²) in [7, 11) is 0. The Bertz CT molecular complexity index is 468. The highest BCUT2D eigenvalue weighted by Gasteiger charge is 2.10. The highest BCUT2D eigenvalue weighted by molar-refractivity contribution is 5.47. The average molecular weight is 202 g/mol.